The first kappa shape index (κ1) is 14.7. The predicted molar refractivity (Wildman–Crippen MR) is 53.1 cm³/mol. The van der Waals surface area contributed by atoms with Gasteiger partial charge in [0.25, 0.3) is 0 Å². The van der Waals surface area contributed by atoms with E-state index in [4.69, 9.17) is 0 Å². The third kappa shape index (κ3) is 12.8. The van der Waals surface area contributed by atoms with Gasteiger partial charge in [-0.2, -0.15) is 0 Å². The number of ether oxygens (including phenoxy) is 2. The van der Waals surface area contributed by atoms with Crippen LogP contribution in [0.3, 0.4) is 0 Å². The Hall–Kier alpha value is -1.84. The van der Waals surface area contributed by atoms with E-state index in [1.54, 1.807) is 6.92 Å². The molecule has 0 rings (SSSR count). The molecule has 0 bridgehead atoms. The molecule has 4 nitrogen and oxygen atoms in total. The van der Waals surface area contributed by atoms with Crippen LogP contribution in [0.4, 0.5) is 0 Å². The SMILES string of the molecule is C=COC(=O)C(=C)C.C=COC(C)=O. The van der Waals surface area contributed by atoms with Crippen molar-refractivity contribution in [3.63, 3.8) is 0 Å². The first-order valence-corrected chi connectivity index (χ1v) is 3.71. The smallest absolute Gasteiger partial charge is 0.337 e. The molecule has 0 aliphatic carbocycles. The van der Waals surface area contributed by atoms with Crippen LogP contribution in [0.5, 0.6) is 0 Å². The molecule has 0 aromatic carbocycles. The molecule has 14 heavy (non-hydrogen) atoms. The van der Waals surface area contributed by atoms with Crippen molar-refractivity contribution in [2.75, 3.05) is 0 Å². The first-order chi connectivity index (χ1) is 6.45. The van der Waals surface area contributed by atoms with Crippen LogP contribution in [-0.4, -0.2) is 11.9 Å². The van der Waals surface area contributed by atoms with Crippen LogP contribution in [0.25, 0.3) is 0 Å². The van der Waals surface area contributed by atoms with Crippen LogP contribution in [-0.2, 0) is 19.1 Å². The van der Waals surface area contributed by atoms with E-state index in [9.17, 15) is 9.59 Å². The van der Waals surface area contributed by atoms with E-state index in [1.807, 2.05) is 0 Å². The predicted octanol–water partition coefficient (Wildman–Crippen LogP) is 1.94. The number of hydrogen-bond donors (Lipinski definition) is 0. The van der Waals surface area contributed by atoms with E-state index in [0.717, 1.165) is 12.5 Å². The minimum atomic E-state index is -0.431. The van der Waals surface area contributed by atoms with Crippen molar-refractivity contribution in [3.8, 4) is 0 Å². The van der Waals surface area contributed by atoms with E-state index in [2.05, 4.69) is 29.2 Å². The van der Waals surface area contributed by atoms with Gasteiger partial charge in [-0.25, -0.2) is 4.79 Å². The first-order valence-electron chi connectivity index (χ1n) is 3.71. The maximum absolute atomic E-state index is 10.3. The summed E-state index contributed by atoms with van der Waals surface area (Å²) in [4.78, 5) is 20.1. The van der Waals surface area contributed by atoms with Crippen molar-refractivity contribution >= 4 is 11.9 Å². The average molecular weight is 198 g/mol. The summed E-state index contributed by atoms with van der Waals surface area (Å²) in [5.74, 6) is -0.759. The summed E-state index contributed by atoms with van der Waals surface area (Å²) in [5, 5.41) is 0. The Morgan fingerprint density at radius 2 is 1.50 bits per heavy atom. The molecular weight excluding hydrogens is 184 g/mol. The maximum Gasteiger partial charge on any atom is 0.337 e. The normalized spacial score (nSPS) is 7.29. The summed E-state index contributed by atoms with van der Waals surface area (Å²) < 4.78 is 8.50. The van der Waals surface area contributed by atoms with E-state index < -0.39 is 5.97 Å². The Kier molecular flexibility index (Phi) is 9.69. The van der Waals surface area contributed by atoms with Crippen LogP contribution in [0.2, 0.25) is 0 Å². The standard InChI is InChI=1S/C6H8O2.C4H6O2/c1-4-8-6(7)5(2)3;1-3-6-4(2)5/h4H,1-2H2,3H3;3H,1H2,2H3. The molecule has 0 aliphatic heterocycles. The summed E-state index contributed by atoms with van der Waals surface area (Å²) in [6.07, 6.45) is 2.18. The summed E-state index contributed by atoms with van der Waals surface area (Å²) in [6, 6.07) is 0. The van der Waals surface area contributed by atoms with Crippen LogP contribution >= 0.6 is 0 Å². The van der Waals surface area contributed by atoms with Crippen molar-refractivity contribution in [2.24, 2.45) is 0 Å². The molecule has 0 atom stereocenters. The van der Waals surface area contributed by atoms with Gasteiger partial charge in [0.2, 0.25) is 0 Å². The zero-order valence-corrected chi connectivity index (χ0v) is 8.41. The van der Waals surface area contributed by atoms with Gasteiger partial charge in [0.05, 0.1) is 12.5 Å². The minimum Gasteiger partial charge on any atom is -0.435 e. The highest BCUT2D eigenvalue weighted by Gasteiger charge is 1.97. The van der Waals surface area contributed by atoms with Gasteiger partial charge in [-0.1, -0.05) is 19.7 Å². The largest absolute Gasteiger partial charge is 0.435 e. The van der Waals surface area contributed by atoms with E-state index in [-0.39, 0.29) is 5.97 Å². The zero-order valence-electron chi connectivity index (χ0n) is 8.41. The van der Waals surface area contributed by atoms with E-state index >= 15 is 0 Å². The van der Waals surface area contributed by atoms with Gasteiger partial charge < -0.3 is 9.47 Å². The number of rotatable bonds is 3. The molecule has 0 aliphatic rings. The molecule has 0 spiro atoms. The topological polar surface area (TPSA) is 52.6 Å². The second kappa shape index (κ2) is 9.25. The Morgan fingerprint density at radius 3 is 1.57 bits per heavy atom. The lowest BCUT2D eigenvalue weighted by Gasteiger charge is -1.92. The van der Waals surface area contributed by atoms with Gasteiger partial charge in [0.1, 0.15) is 0 Å². The van der Waals surface area contributed by atoms with Gasteiger partial charge in [0.15, 0.2) is 0 Å². The van der Waals surface area contributed by atoms with E-state index in [1.165, 1.54) is 6.92 Å². The highest BCUT2D eigenvalue weighted by atomic mass is 16.5. The van der Waals surface area contributed by atoms with Gasteiger partial charge in [-0.05, 0) is 6.92 Å². The molecule has 0 unspecified atom stereocenters. The molecule has 0 heterocycles. The summed E-state index contributed by atoms with van der Waals surface area (Å²) in [6.45, 7) is 12.6. The van der Waals surface area contributed by atoms with Gasteiger partial charge in [0, 0.05) is 12.5 Å². The highest BCUT2D eigenvalue weighted by Crippen LogP contribution is 1.90. The molecule has 0 N–H and O–H groups in total. The molecule has 0 saturated heterocycles. The molecular formula is C10H14O4. The van der Waals surface area contributed by atoms with Crippen molar-refractivity contribution in [1.82, 2.24) is 0 Å². The quantitative estimate of drug-likeness (QED) is 0.395. The fourth-order valence-electron chi connectivity index (χ4n) is 0.294. The fourth-order valence-corrected chi connectivity index (χ4v) is 0.294. The lowest BCUT2D eigenvalue weighted by Crippen LogP contribution is -1.98. The average Bonchev–Trinajstić information content (AvgIpc) is 2.05. The Bertz CT molecular complexity index is 241. The van der Waals surface area contributed by atoms with Crippen LogP contribution < -0.4 is 0 Å². The Morgan fingerprint density at radius 1 is 1.07 bits per heavy atom. The van der Waals surface area contributed by atoms with Gasteiger partial charge in [-0.3, -0.25) is 4.79 Å². The van der Waals surface area contributed by atoms with Gasteiger partial charge in [-0.15, -0.1) is 0 Å². The molecule has 4 heteroatoms. The van der Waals surface area contributed by atoms with Crippen molar-refractivity contribution in [3.05, 3.63) is 37.8 Å². The van der Waals surface area contributed by atoms with E-state index in [0.29, 0.717) is 5.57 Å². The molecule has 0 amide bonds. The second-order valence-corrected chi connectivity index (χ2v) is 2.13. The van der Waals surface area contributed by atoms with Crippen LogP contribution in [0.15, 0.2) is 37.8 Å². The summed E-state index contributed by atoms with van der Waals surface area (Å²) in [7, 11) is 0. The Labute approximate surface area is 83.5 Å². The fraction of sp³-hybridized carbons (Fsp3) is 0.200. The van der Waals surface area contributed by atoms with Crippen molar-refractivity contribution in [2.45, 2.75) is 13.8 Å². The summed E-state index contributed by atoms with van der Waals surface area (Å²) >= 11 is 0. The second-order valence-electron chi connectivity index (χ2n) is 2.13. The van der Waals surface area contributed by atoms with Crippen LogP contribution in [0, 0.1) is 0 Å². The molecule has 0 radical (unpaired) electrons. The zero-order chi connectivity index (χ0) is 11.6. The molecule has 0 aromatic rings. The monoisotopic (exact) mass is 198 g/mol. The summed E-state index contributed by atoms with van der Waals surface area (Å²) in [5.41, 5.74) is 0.380. The Balaban J connectivity index is 0. The molecule has 0 saturated carbocycles. The third-order valence-corrected chi connectivity index (χ3v) is 0.788. The molecule has 0 aromatic heterocycles. The minimum absolute atomic E-state index is 0.329. The highest BCUT2D eigenvalue weighted by molar-refractivity contribution is 5.87. The van der Waals surface area contributed by atoms with Gasteiger partial charge >= 0.3 is 11.9 Å². The molecule has 0 fully saturated rings. The third-order valence-electron chi connectivity index (χ3n) is 0.788. The number of esters is 2. The van der Waals surface area contributed by atoms with Crippen LogP contribution in [0.1, 0.15) is 13.8 Å². The number of carbonyl (C=O) groups excluding carboxylic acids is 2. The maximum atomic E-state index is 10.3. The number of hydrogen-bond acceptors (Lipinski definition) is 4. The van der Waals surface area contributed by atoms with Crippen molar-refractivity contribution < 1.29 is 19.1 Å². The molecule has 78 valence electrons. The lowest BCUT2D eigenvalue weighted by molar-refractivity contribution is -0.135. The van der Waals surface area contributed by atoms with Crippen molar-refractivity contribution in [1.29, 1.82) is 0 Å². The lowest BCUT2D eigenvalue weighted by atomic mass is 10.4. The number of carbonyl (C=O) groups is 2.